The molecule has 1 N–H and O–H groups in total. The Labute approximate surface area is 132 Å². The van der Waals surface area contributed by atoms with Crippen LogP contribution in [0.25, 0.3) is 0 Å². The average Bonchev–Trinajstić information content (AvgIpc) is 2.88. The van der Waals surface area contributed by atoms with Gasteiger partial charge in [0.25, 0.3) is 0 Å². The van der Waals surface area contributed by atoms with Crippen molar-refractivity contribution in [1.29, 1.82) is 0 Å². The number of benzene rings is 1. The molecule has 3 unspecified atom stereocenters. The van der Waals surface area contributed by atoms with Crippen molar-refractivity contribution in [1.82, 2.24) is 0 Å². The Hall–Kier alpha value is -0.640. The van der Waals surface area contributed by atoms with E-state index in [1.54, 1.807) is 11.3 Å². The molecular formula is C17H19BrOS. The predicted molar refractivity (Wildman–Crippen MR) is 88.3 cm³/mol. The molecule has 1 aliphatic carbocycles. The number of aliphatic hydroxyl groups is 1. The molecule has 106 valence electrons. The van der Waals surface area contributed by atoms with Gasteiger partial charge >= 0.3 is 0 Å². The third-order valence-electron chi connectivity index (χ3n) is 4.35. The first-order valence-electron chi connectivity index (χ1n) is 7.19. The van der Waals surface area contributed by atoms with E-state index in [9.17, 15) is 5.11 Å². The molecule has 3 rings (SSSR count). The minimum atomic E-state index is -0.149. The molecule has 0 bridgehead atoms. The molecule has 1 fully saturated rings. The molecule has 1 saturated carbocycles. The summed E-state index contributed by atoms with van der Waals surface area (Å²) in [4.78, 5) is 1.36. The van der Waals surface area contributed by atoms with Crippen LogP contribution in [0.1, 0.15) is 35.6 Å². The van der Waals surface area contributed by atoms with Crippen molar-refractivity contribution in [3.63, 3.8) is 0 Å². The fourth-order valence-electron chi connectivity index (χ4n) is 3.20. The number of halogens is 1. The molecule has 20 heavy (non-hydrogen) atoms. The Morgan fingerprint density at radius 3 is 2.65 bits per heavy atom. The van der Waals surface area contributed by atoms with Crippen LogP contribution in [-0.4, -0.2) is 11.2 Å². The topological polar surface area (TPSA) is 20.2 Å². The molecule has 0 spiro atoms. The molecular weight excluding hydrogens is 332 g/mol. The van der Waals surface area contributed by atoms with Gasteiger partial charge in [0.15, 0.2) is 0 Å². The van der Waals surface area contributed by atoms with Crippen molar-refractivity contribution in [2.24, 2.45) is 5.92 Å². The van der Waals surface area contributed by atoms with Crippen molar-refractivity contribution in [3.05, 3.63) is 56.7 Å². The molecule has 3 atom stereocenters. The molecule has 1 aromatic carbocycles. The average molecular weight is 351 g/mol. The highest BCUT2D eigenvalue weighted by Crippen LogP contribution is 2.39. The zero-order valence-electron chi connectivity index (χ0n) is 11.3. The summed E-state index contributed by atoms with van der Waals surface area (Å²) in [6, 6.07) is 12.8. The lowest BCUT2D eigenvalue weighted by Crippen LogP contribution is -2.29. The maximum Gasteiger partial charge on any atom is 0.0572 e. The van der Waals surface area contributed by atoms with Gasteiger partial charge in [0.05, 0.1) is 6.10 Å². The normalized spacial score (nSPS) is 26.6. The fraction of sp³-hybridized carbons (Fsp3) is 0.412. The molecule has 0 radical (unpaired) electrons. The lowest BCUT2D eigenvalue weighted by atomic mass is 9.75. The van der Waals surface area contributed by atoms with Crippen molar-refractivity contribution >= 4 is 27.3 Å². The summed E-state index contributed by atoms with van der Waals surface area (Å²) in [5.41, 5.74) is 1.43. The van der Waals surface area contributed by atoms with Crippen molar-refractivity contribution in [2.75, 3.05) is 0 Å². The van der Waals surface area contributed by atoms with Crippen molar-refractivity contribution in [2.45, 2.75) is 37.7 Å². The van der Waals surface area contributed by atoms with Crippen LogP contribution in [0, 0.1) is 5.92 Å². The van der Waals surface area contributed by atoms with E-state index in [2.05, 4.69) is 57.7 Å². The van der Waals surface area contributed by atoms with Crippen LogP contribution in [-0.2, 0) is 6.42 Å². The molecule has 1 aliphatic rings. The summed E-state index contributed by atoms with van der Waals surface area (Å²) in [5.74, 6) is 0.979. The Bertz CT molecular complexity index is 551. The van der Waals surface area contributed by atoms with E-state index >= 15 is 0 Å². The van der Waals surface area contributed by atoms with Crippen LogP contribution in [0.5, 0.6) is 0 Å². The zero-order chi connectivity index (χ0) is 13.9. The van der Waals surface area contributed by atoms with Crippen LogP contribution in [0.15, 0.2) is 46.3 Å². The number of hydrogen-bond acceptors (Lipinski definition) is 2. The highest BCUT2D eigenvalue weighted by Gasteiger charge is 2.30. The molecule has 3 heteroatoms. The maximum absolute atomic E-state index is 10.3. The van der Waals surface area contributed by atoms with Gasteiger partial charge in [0.2, 0.25) is 0 Å². The predicted octanol–water partition coefficient (Wildman–Crippen LogP) is 5.00. The third kappa shape index (κ3) is 3.16. The SMILES string of the molecule is OC1CCC(c2ccccc2)CC1Cc1sccc1Br. The van der Waals surface area contributed by atoms with Gasteiger partial charge in [0, 0.05) is 9.35 Å². The lowest BCUT2D eigenvalue weighted by molar-refractivity contribution is 0.0623. The van der Waals surface area contributed by atoms with E-state index in [0.717, 1.165) is 25.7 Å². The van der Waals surface area contributed by atoms with Gasteiger partial charge in [-0.15, -0.1) is 11.3 Å². The smallest absolute Gasteiger partial charge is 0.0572 e. The molecule has 1 aromatic heterocycles. The number of thiophene rings is 1. The summed E-state index contributed by atoms with van der Waals surface area (Å²) in [6.07, 6.45) is 3.96. The molecule has 0 aliphatic heterocycles. The summed E-state index contributed by atoms with van der Waals surface area (Å²) >= 11 is 5.39. The lowest BCUT2D eigenvalue weighted by Gasteiger charge is -2.33. The third-order valence-corrected chi connectivity index (χ3v) is 6.30. The van der Waals surface area contributed by atoms with Gasteiger partial charge in [-0.05, 0) is 70.5 Å². The second-order valence-electron chi connectivity index (χ2n) is 5.64. The molecule has 1 heterocycles. The van der Waals surface area contributed by atoms with Gasteiger partial charge in [0.1, 0.15) is 0 Å². The summed E-state index contributed by atoms with van der Waals surface area (Å²) in [7, 11) is 0. The first-order valence-corrected chi connectivity index (χ1v) is 8.86. The van der Waals surface area contributed by atoms with Crippen LogP contribution < -0.4 is 0 Å². The van der Waals surface area contributed by atoms with E-state index in [1.165, 1.54) is 14.9 Å². The van der Waals surface area contributed by atoms with E-state index in [-0.39, 0.29) is 6.10 Å². The van der Waals surface area contributed by atoms with Crippen LogP contribution >= 0.6 is 27.3 Å². The largest absolute Gasteiger partial charge is 0.393 e. The second kappa shape index (κ2) is 6.42. The first-order chi connectivity index (χ1) is 9.74. The minimum absolute atomic E-state index is 0.149. The summed E-state index contributed by atoms with van der Waals surface area (Å²) in [6.45, 7) is 0. The van der Waals surface area contributed by atoms with E-state index in [4.69, 9.17) is 0 Å². The van der Waals surface area contributed by atoms with Crippen LogP contribution in [0.2, 0.25) is 0 Å². The van der Waals surface area contributed by atoms with Gasteiger partial charge in [-0.2, -0.15) is 0 Å². The van der Waals surface area contributed by atoms with Gasteiger partial charge in [-0.3, -0.25) is 0 Å². The van der Waals surface area contributed by atoms with Crippen LogP contribution in [0.3, 0.4) is 0 Å². The van der Waals surface area contributed by atoms with Gasteiger partial charge in [-0.1, -0.05) is 30.3 Å². The molecule has 0 saturated heterocycles. The number of hydrogen-bond donors (Lipinski definition) is 1. The van der Waals surface area contributed by atoms with E-state index in [1.807, 2.05) is 0 Å². The maximum atomic E-state index is 10.3. The molecule has 1 nitrogen and oxygen atoms in total. The van der Waals surface area contributed by atoms with Crippen molar-refractivity contribution < 1.29 is 5.11 Å². The number of rotatable bonds is 3. The fourth-order valence-corrected chi connectivity index (χ4v) is 4.81. The first kappa shape index (κ1) is 14.3. The molecule has 0 amide bonds. The Kier molecular flexibility index (Phi) is 4.59. The summed E-state index contributed by atoms with van der Waals surface area (Å²) in [5, 5.41) is 12.4. The van der Waals surface area contributed by atoms with E-state index < -0.39 is 0 Å². The van der Waals surface area contributed by atoms with Crippen LogP contribution in [0.4, 0.5) is 0 Å². The quantitative estimate of drug-likeness (QED) is 0.825. The summed E-state index contributed by atoms with van der Waals surface area (Å²) < 4.78 is 1.19. The molecule has 2 aromatic rings. The van der Waals surface area contributed by atoms with E-state index in [0.29, 0.717) is 11.8 Å². The Morgan fingerprint density at radius 1 is 1.15 bits per heavy atom. The zero-order valence-corrected chi connectivity index (χ0v) is 13.7. The second-order valence-corrected chi connectivity index (χ2v) is 7.50. The Morgan fingerprint density at radius 2 is 1.95 bits per heavy atom. The van der Waals surface area contributed by atoms with Gasteiger partial charge in [-0.25, -0.2) is 0 Å². The minimum Gasteiger partial charge on any atom is -0.393 e. The number of aliphatic hydroxyl groups excluding tert-OH is 1. The van der Waals surface area contributed by atoms with Crippen molar-refractivity contribution in [3.8, 4) is 0 Å². The van der Waals surface area contributed by atoms with Gasteiger partial charge < -0.3 is 5.11 Å². The Balaban J connectivity index is 1.72. The monoisotopic (exact) mass is 350 g/mol. The highest BCUT2D eigenvalue weighted by molar-refractivity contribution is 9.10. The highest BCUT2D eigenvalue weighted by atomic mass is 79.9. The standard InChI is InChI=1S/C17H19BrOS/c18-15-8-9-20-17(15)11-14-10-13(6-7-16(14)19)12-4-2-1-3-5-12/h1-5,8-9,13-14,16,19H,6-7,10-11H2.